The predicted molar refractivity (Wildman–Crippen MR) is 86.8 cm³/mol. The number of hydrogen-bond donors (Lipinski definition) is 1. The molecule has 0 radical (unpaired) electrons. The molecule has 1 aliphatic rings. The Kier molecular flexibility index (Phi) is 3.98. The highest BCUT2D eigenvalue weighted by molar-refractivity contribution is 5.47. The van der Waals surface area contributed by atoms with Gasteiger partial charge in [0.25, 0.3) is 0 Å². The average Bonchev–Trinajstić information content (AvgIpc) is 2.50. The fourth-order valence-electron chi connectivity index (χ4n) is 2.87. The van der Waals surface area contributed by atoms with E-state index in [9.17, 15) is 0 Å². The lowest BCUT2D eigenvalue weighted by Crippen LogP contribution is -2.27. The van der Waals surface area contributed by atoms with Crippen LogP contribution in [0.25, 0.3) is 0 Å². The molecule has 0 saturated carbocycles. The van der Waals surface area contributed by atoms with Crippen molar-refractivity contribution >= 4 is 0 Å². The third-order valence-electron chi connectivity index (χ3n) is 4.41. The lowest BCUT2D eigenvalue weighted by Gasteiger charge is -2.28. The first-order chi connectivity index (χ1) is 10.1. The smallest absolute Gasteiger partial charge is 0.127 e. The quantitative estimate of drug-likeness (QED) is 0.909. The van der Waals surface area contributed by atoms with Crippen LogP contribution in [0.1, 0.15) is 40.3 Å². The highest BCUT2D eigenvalue weighted by atomic mass is 16.5. The van der Waals surface area contributed by atoms with E-state index in [0.29, 0.717) is 6.04 Å². The van der Waals surface area contributed by atoms with E-state index >= 15 is 0 Å². The Morgan fingerprint density at radius 1 is 1.05 bits per heavy atom. The van der Waals surface area contributed by atoms with Crippen LogP contribution < -0.4 is 10.1 Å². The monoisotopic (exact) mass is 281 g/mol. The van der Waals surface area contributed by atoms with Crippen LogP contribution in [-0.4, -0.2) is 6.61 Å². The Hall–Kier alpha value is -1.80. The van der Waals surface area contributed by atoms with Gasteiger partial charge in [-0.05, 0) is 37.5 Å². The Morgan fingerprint density at radius 2 is 1.81 bits per heavy atom. The first-order valence-electron chi connectivity index (χ1n) is 7.67. The highest BCUT2D eigenvalue weighted by Crippen LogP contribution is 2.36. The zero-order valence-corrected chi connectivity index (χ0v) is 13.1. The van der Waals surface area contributed by atoms with Crippen LogP contribution in [0.5, 0.6) is 5.75 Å². The van der Waals surface area contributed by atoms with Gasteiger partial charge in [-0.15, -0.1) is 0 Å². The minimum Gasteiger partial charge on any atom is -0.493 e. The van der Waals surface area contributed by atoms with Gasteiger partial charge in [0.05, 0.1) is 6.61 Å². The largest absolute Gasteiger partial charge is 0.493 e. The summed E-state index contributed by atoms with van der Waals surface area (Å²) >= 11 is 0. The zero-order chi connectivity index (χ0) is 14.8. The molecule has 2 heteroatoms. The molecule has 0 amide bonds. The zero-order valence-electron chi connectivity index (χ0n) is 13.1. The summed E-state index contributed by atoms with van der Waals surface area (Å²) in [7, 11) is 0. The molecule has 2 aromatic rings. The van der Waals surface area contributed by atoms with E-state index in [1.165, 1.54) is 27.8 Å². The molecule has 3 rings (SSSR count). The summed E-state index contributed by atoms with van der Waals surface area (Å²) in [6, 6.07) is 13.5. The van der Waals surface area contributed by atoms with Gasteiger partial charge >= 0.3 is 0 Å². The number of hydrogen-bond acceptors (Lipinski definition) is 2. The van der Waals surface area contributed by atoms with E-state index in [1.807, 2.05) is 0 Å². The topological polar surface area (TPSA) is 21.3 Å². The molecule has 0 spiro atoms. The molecule has 1 heterocycles. The van der Waals surface area contributed by atoms with Crippen molar-refractivity contribution in [2.75, 3.05) is 6.61 Å². The van der Waals surface area contributed by atoms with Crippen LogP contribution in [0.3, 0.4) is 0 Å². The summed E-state index contributed by atoms with van der Waals surface area (Å²) in [5.41, 5.74) is 6.51. The molecule has 110 valence electrons. The van der Waals surface area contributed by atoms with Gasteiger partial charge in [-0.25, -0.2) is 0 Å². The van der Waals surface area contributed by atoms with Crippen LogP contribution in [0.4, 0.5) is 0 Å². The van der Waals surface area contributed by atoms with Crippen molar-refractivity contribution in [2.24, 2.45) is 0 Å². The van der Waals surface area contributed by atoms with Crippen LogP contribution >= 0.6 is 0 Å². The van der Waals surface area contributed by atoms with Gasteiger partial charge in [-0.1, -0.05) is 42.0 Å². The fourth-order valence-corrected chi connectivity index (χ4v) is 2.87. The second-order valence-corrected chi connectivity index (χ2v) is 5.98. The molecule has 1 N–H and O–H groups in total. The Balaban J connectivity index is 1.76. The Morgan fingerprint density at radius 3 is 2.57 bits per heavy atom. The van der Waals surface area contributed by atoms with E-state index in [4.69, 9.17) is 4.74 Å². The van der Waals surface area contributed by atoms with Gasteiger partial charge in [0, 0.05) is 24.6 Å². The van der Waals surface area contributed by atoms with Crippen molar-refractivity contribution < 1.29 is 4.74 Å². The second kappa shape index (κ2) is 5.90. The van der Waals surface area contributed by atoms with Gasteiger partial charge in [-0.3, -0.25) is 0 Å². The molecular weight excluding hydrogens is 258 g/mol. The number of nitrogens with one attached hydrogen (secondary N) is 1. The molecule has 2 aromatic carbocycles. The minimum atomic E-state index is 0.384. The second-order valence-electron chi connectivity index (χ2n) is 5.98. The SMILES string of the molecule is Cc1ccc(CNC2CCOc3c2ccc(C)c3C)cc1. The number of ether oxygens (including phenoxy) is 1. The molecular formula is C19H23NO. The molecule has 0 aliphatic carbocycles. The maximum absolute atomic E-state index is 5.89. The third-order valence-corrected chi connectivity index (χ3v) is 4.41. The van der Waals surface area contributed by atoms with Crippen molar-refractivity contribution in [3.63, 3.8) is 0 Å². The van der Waals surface area contributed by atoms with Gasteiger partial charge < -0.3 is 10.1 Å². The van der Waals surface area contributed by atoms with Crippen molar-refractivity contribution in [3.8, 4) is 5.75 Å². The van der Waals surface area contributed by atoms with Crippen molar-refractivity contribution in [3.05, 3.63) is 64.2 Å². The molecule has 1 unspecified atom stereocenters. The van der Waals surface area contributed by atoms with Gasteiger partial charge in [-0.2, -0.15) is 0 Å². The van der Waals surface area contributed by atoms with E-state index in [-0.39, 0.29) is 0 Å². The van der Waals surface area contributed by atoms with Crippen molar-refractivity contribution in [2.45, 2.75) is 39.8 Å². The highest BCUT2D eigenvalue weighted by Gasteiger charge is 2.22. The fraction of sp³-hybridized carbons (Fsp3) is 0.368. The van der Waals surface area contributed by atoms with Crippen molar-refractivity contribution in [1.82, 2.24) is 5.32 Å². The van der Waals surface area contributed by atoms with E-state index in [2.05, 4.69) is 62.5 Å². The molecule has 2 nitrogen and oxygen atoms in total. The Bertz CT molecular complexity index is 631. The summed E-state index contributed by atoms with van der Waals surface area (Å²) in [6.45, 7) is 8.11. The number of rotatable bonds is 3. The maximum Gasteiger partial charge on any atom is 0.127 e. The minimum absolute atomic E-state index is 0.384. The number of aryl methyl sites for hydroxylation is 2. The van der Waals surface area contributed by atoms with E-state index in [1.54, 1.807) is 0 Å². The third kappa shape index (κ3) is 2.96. The predicted octanol–water partition coefficient (Wildman–Crippen LogP) is 4.23. The van der Waals surface area contributed by atoms with E-state index < -0.39 is 0 Å². The molecule has 1 aliphatic heterocycles. The van der Waals surface area contributed by atoms with Crippen molar-refractivity contribution in [1.29, 1.82) is 0 Å². The van der Waals surface area contributed by atoms with Gasteiger partial charge in [0.1, 0.15) is 5.75 Å². The van der Waals surface area contributed by atoms with Gasteiger partial charge in [0.2, 0.25) is 0 Å². The lowest BCUT2D eigenvalue weighted by molar-refractivity contribution is 0.250. The standard InChI is InChI=1S/C19H23NO/c1-13-4-7-16(8-5-13)12-20-18-10-11-21-19-15(3)14(2)6-9-17(18)19/h4-9,18,20H,10-12H2,1-3H3. The summed E-state index contributed by atoms with van der Waals surface area (Å²) in [5, 5.41) is 3.68. The summed E-state index contributed by atoms with van der Waals surface area (Å²) in [5.74, 6) is 1.09. The Labute approximate surface area is 127 Å². The average molecular weight is 281 g/mol. The summed E-state index contributed by atoms with van der Waals surface area (Å²) in [6.07, 6.45) is 1.03. The lowest BCUT2D eigenvalue weighted by atomic mass is 9.95. The molecule has 0 saturated heterocycles. The summed E-state index contributed by atoms with van der Waals surface area (Å²) < 4.78 is 5.89. The molecule has 0 bridgehead atoms. The van der Waals surface area contributed by atoms with Crippen LogP contribution in [-0.2, 0) is 6.54 Å². The summed E-state index contributed by atoms with van der Waals surface area (Å²) in [4.78, 5) is 0. The van der Waals surface area contributed by atoms with E-state index in [0.717, 1.165) is 25.3 Å². The van der Waals surface area contributed by atoms with Gasteiger partial charge in [0.15, 0.2) is 0 Å². The number of benzene rings is 2. The maximum atomic E-state index is 5.89. The molecule has 0 fully saturated rings. The molecule has 21 heavy (non-hydrogen) atoms. The van der Waals surface area contributed by atoms with Crippen LogP contribution in [0, 0.1) is 20.8 Å². The molecule has 1 atom stereocenters. The normalized spacial score (nSPS) is 17.2. The first-order valence-corrected chi connectivity index (χ1v) is 7.67. The van der Waals surface area contributed by atoms with Crippen LogP contribution in [0.2, 0.25) is 0 Å². The van der Waals surface area contributed by atoms with Crippen LogP contribution in [0.15, 0.2) is 36.4 Å². The first kappa shape index (κ1) is 14.2. The number of fused-ring (bicyclic) bond motifs is 1. The molecule has 0 aromatic heterocycles.